The van der Waals surface area contributed by atoms with E-state index in [2.05, 4.69) is 33.6 Å². The smallest absolute Gasteiger partial charge is 0.327 e. The number of nitrogens with two attached hydrogens (primary N) is 1. The molecule has 3 unspecified atom stereocenters. The van der Waals surface area contributed by atoms with Gasteiger partial charge in [0.1, 0.15) is 17.8 Å². The molecule has 0 fully saturated rings. The first-order valence-corrected chi connectivity index (χ1v) is 12.1. The molecule has 0 aliphatic carbocycles. The molecule has 3 atom stereocenters. The number of aromatic amines is 1. The fourth-order valence-electron chi connectivity index (χ4n) is 3.71. The van der Waals surface area contributed by atoms with Crippen molar-refractivity contribution in [1.29, 1.82) is 0 Å². The van der Waals surface area contributed by atoms with Gasteiger partial charge >= 0.3 is 5.97 Å². The van der Waals surface area contributed by atoms with Gasteiger partial charge < -0.3 is 36.9 Å². The maximum absolute atomic E-state index is 12.9. The van der Waals surface area contributed by atoms with Crippen LogP contribution in [0.5, 0.6) is 5.75 Å². The summed E-state index contributed by atoms with van der Waals surface area (Å²) >= 11 is 3.96. The summed E-state index contributed by atoms with van der Waals surface area (Å²) in [7, 11) is 0. The molecule has 196 valence electrons. The predicted octanol–water partition coefficient (Wildman–Crippen LogP) is 0.0862. The molecule has 2 aromatic carbocycles. The number of carboxylic acids is 1. The number of H-pyrrole nitrogens is 1. The van der Waals surface area contributed by atoms with Gasteiger partial charge in [-0.25, -0.2) is 4.79 Å². The van der Waals surface area contributed by atoms with Crippen molar-refractivity contribution in [1.82, 2.24) is 20.9 Å². The molecule has 1 aromatic heterocycles. The number of rotatable bonds is 12. The molecule has 0 aliphatic rings. The van der Waals surface area contributed by atoms with Crippen LogP contribution in [0.3, 0.4) is 0 Å². The zero-order valence-electron chi connectivity index (χ0n) is 19.8. The summed E-state index contributed by atoms with van der Waals surface area (Å²) in [6.07, 6.45) is 1.99. The highest BCUT2D eigenvalue weighted by molar-refractivity contribution is 7.80. The Hall–Kier alpha value is -4.03. The molecule has 0 aliphatic heterocycles. The highest BCUT2D eigenvalue weighted by Gasteiger charge is 2.27. The van der Waals surface area contributed by atoms with Crippen LogP contribution < -0.4 is 21.7 Å². The van der Waals surface area contributed by atoms with E-state index in [9.17, 15) is 29.4 Å². The average molecular weight is 528 g/mol. The van der Waals surface area contributed by atoms with E-state index in [0.29, 0.717) is 0 Å². The fraction of sp³-hybridized carbons (Fsp3) is 0.280. The molecule has 3 aromatic rings. The lowest BCUT2D eigenvalue weighted by atomic mass is 10.0. The van der Waals surface area contributed by atoms with Crippen LogP contribution in [0.4, 0.5) is 0 Å². The molecule has 3 amide bonds. The first-order valence-electron chi connectivity index (χ1n) is 11.5. The van der Waals surface area contributed by atoms with Crippen molar-refractivity contribution >= 4 is 47.2 Å². The molecule has 0 saturated heterocycles. The number of nitrogens with one attached hydrogen (secondary N) is 4. The van der Waals surface area contributed by atoms with E-state index < -0.39 is 48.4 Å². The zero-order valence-corrected chi connectivity index (χ0v) is 20.7. The van der Waals surface area contributed by atoms with E-state index in [1.54, 1.807) is 18.3 Å². The van der Waals surface area contributed by atoms with Crippen molar-refractivity contribution in [3.05, 3.63) is 65.9 Å². The molecular formula is C25H29N5O6S. The largest absolute Gasteiger partial charge is 0.508 e. The highest BCUT2D eigenvalue weighted by Crippen LogP contribution is 2.19. The minimum atomic E-state index is -1.25. The molecule has 3 rings (SSSR count). The summed E-state index contributed by atoms with van der Waals surface area (Å²) in [4.78, 5) is 52.4. The van der Waals surface area contributed by atoms with Gasteiger partial charge in [-0.05, 0) is 35.7 Å². The van der Waals surface area contributed by atoms with Crippen LogP contribution >= 0.6 is 12.6 Å². The van der Waals surface area contributed by atoms with Crippen LogP contribution in [-0.4, -0.2) is 69.3 Å². The second-order valence-electron chi connectivity index (χ2n) is 8.46. The van der Waals surface area contributed by atoms with Crippen LogP contribution in [0, 0.1) is 0 Å². The Kier molecular flexibility index (Phi) is 9.52. The van der Waals surface area contributed by atoms with E-state index in [4.69, 9.17) is 5.73 Å². The number of para-hydroxylation sites is 1. The topological polar surface area (TPSA) is 187 Å². The third-order valence-electron chi connectivity index (χ3n) is 5.70. The number of thiol groups is 1. The number of phenols is 1. The molecule has 37 heavy (non-hydrogen) atoms. The maximum Gasteiger partial charge on any atom is 0.327 e. The minimum Gasteiger partial charge on any atom is -0.508 e. The minimum absolute atomic E-state index is 0.0782. The lowest BCUT2D eigenvalue weighted by Crippen LogP contribution is -2.55. The normalized spacial score (nSPS) is 13.4. The van der Waals surface area contributed by atoms with Crippen molar-refractivity contribution < 1.29 is 29.4 Å². The second kappa shape index (κ2) is 12.8. The average Bonchev–Trinajstić information content (AvgIpc) is 3.29. The molecule has 11 nitrogen and oxygen atoms in total. The first-order chi connectivity index (χ1) is 17.7. The molecule has 0 spiro atoms. The Morgan fingerprint density at radius 1 is 0.946 bits per heavy atom. The number of amides is 3. The van der Waals surface area contributed by atoms with Gasteiger partial charge in [-0.2, -0.15) is 12.6 Å². The number of aliphatic carboxylic acids is 1. The number of hydrogen-bond donors (Lipinski definition) is 8. The Bertz CT molecular complexity index is 1260. The van der Waals surface area contributed by atoms with Gasteiger partial charge in [0.25, 0.3) is 0 Å². The Morgan fingerprint density at radius 2 is 1.65 bits per heavy atom. The van der Waals surface area contributed by atoms with E-state index in [1.165, 1.54) is 12.1 Å². The number of phenolic OH excluding ortho intramolecular Hbond substituents is 1. The molecular weight excluding hydrogens is 498 g/mol. The number of benzene rings is 2. The van der Waals surface area contributed by atoms with Gasteiger partial charge in [0.05, 0.1) is 12.6 Å². The van der Waals surface area contributed by atoms with Crippen molar-refractivity contribution in [2.75, 3.05) is 12.3 Å². The molecule has 0 bridgehead atoms. The first kappa shape index (κ1) is 27.6. The van der Waals surface area contributed by atoms with Crippen LogP contribution in [0.25, 0.3) is 10.9 Å². The Labute approximate surface area is 218 Å². The summed E-state index contributed by atoms with van der Waals surface area (Å²) < 4.78 is 0. The molecule has 12 heteroatoms. The van der Waals surface area contributed by atoms with Gasteiger partial charge in [0.15, 0.2) is 0 Å². The summed E-state index contributed by atoms with van der Waals surface area (Å²) in [6, 6.07) is 10.4. The summed E-state index contributed by atoms with van der Waals surface area (Å²) in [5.41, 5.74) is 8.25. The SMILES string of the molecule is NC(Cc1ccc(O)cc1)C(=O)NCC(=O)NC(Cc1c[nH]c2ccccc12)C(=O)NC(CS)C(=O)O. The van der Waals surface area contributed by atoms with Gasteiger partial charge in [-0.1, -0.05) is 30.3 Å². The van der Waals surface area contributed by atoms with E-state index in [-0.39, 0.29) is 24.3 Å². The summed E-state index contributed by atoms with van der Waals surface area (Å²) in [6.45, 7) is -0.436. The third kappa shape index (κ3) is 7.72. The van der Waals surface area contributed by atoms with Crippen LogP contribution in [0.15, 0.2) is 54.7 Å². The molecule has 8 N–H and O–H groups in total. The highest BCUT2D eigenvalue weighted by atomic mass is 32.1. The standard InChI is InChI=1S/C25H29N5O6S/c26-18(9-14-5-7-16(31)8-6-14)23(33)28-12-22(32)29-20(24(34)30-21(13-37)25(35)36)10-15-11-27-19-4-2-1-3-17(15)19/h1-8,11,18,20-21,27,31,37H,9-10,12-13,26H2,(H,28,33)(H,29,32)(H,30,34)(H,35,36). The number of aromatic nitrogens is 1. The molecule has 0 radical (unpaired) electrons. The van der Waals surface area contributed by atoms with Crippen molar-refractivity contribution in [3.8, 4) is 5.75 Å². The van der Waals surface area contributed by atoms with Crippen molar-refractivity contribution in [2.45, 2.75) is 31.0 Å². The van der Waals surface area contributed by atoms with Gasteiger partial charge in [0, 0.05) is 29.3 Å². The third-order valence-corrected chi connectivity index (χ3v) is 6.06. The Balaban J connectivity index is 1.64. The van der Waals surface area contributed by atoms with Crippen molar-refractivity contribution in [2.24, 2.45) is 5.73 Å². The lowest BCUT2D eigenvalue weighted by Gasteiger charge is -2.21. The van der Waals surface area contributed by atoms with Crippen LogP contribution in [0.1, 0.15) is 11.1 Å². The quantitative estimate of drug-likeness (QED) is 0.153. The van der Waals surface area contributed by atoms with Gasteiger partial charge in [0.2, 0.25) is 17.7 Å². The number of carbonyl (C=O) groups is 4. The van der Waals surface area contributed by atoms with Gasteiger partial charge in [-0.3, -0.25) is 14.4 Å². The van der Waals surface area contributed by atoms with Crippen molar-refractivity contribution in [3.63, 3.8) is 0 Å². The predicted molar refractivity (Wildman–Crippen MR) is 140 cm³/mol. The fourth-order valence-corrected chi connectivity index (χ4v) is 3.96. The molecule has 0 saturated carbocycles. The lowest BCUT2D eigenvalue weighted by molar-refractivity contribution is -0.141. The van der Waals surface area contributed by atoms with E-state index in [0.717, 1.165) is 22.0 Å². The number of carbonyl (C=O) groups excluding carboxylic acids is 3. The van der Waals surface area contributed by atoms with Gasteiger partial charge in [-0.15, -0.1) is 0 Å². The summed E-state index contributed by atoms with van der Waals surface area (Å²) in [5, 5.41) is 26.9. The maximum atomic E-state index is 12.9. The second-order valence-corrected chi connectivity index (χ2v) is 8.83. The zero-order chi connectivity index (χ0) is 26.9. The number of aromatic hydroxyl groups is 1. The summed E-state index contributed by atoms with van der Waals surface area (Å²) in [5.74, 6) is -3.21. The number of hydrogen-bond acceptors (Lipinski definition) is 7. The molecule has 1 heterocycles. The Morgan fingerprint density at radius 3 is 2.32 bits per heavy atom. The van der Waals surface area contributed by atoms with Crippen LogP contribution in [-0.2, 0) is 32.0 Å². The number of fused-ring (bicyclic) bond motifs is 1. The number of carboxylic acid groups (broad SMARTS) is 1. The van der Waals surface area contributed by atoms with E-state index >= 15 is 0 Å². The van der Waals surface area contributed by atoms with E-state index in [1.807, 2.05) is 24.3 Å². The van der Waals surface area contributed by atoms with Crippen LogP contribution in [0.2, 0.25) is 0 Å². The monoisotopic (exact) mass is 527 g/mol.